The Balaban J connectivity index is 1.78. The van der Waals surface area contributed by atoms with Gasteiger partial charge in [0.2, 0.25) is 0 Å². The number of piperidine rings is 1. The molecule has 3 nitrogen and oxygen atoms in total. The molecule has 19 heavy (non-hydrogen) atoms. The summed E-state index contributed by atoms with van der Waals surface area (Å²) in [5, 5.41) is 9.03. The van der Waals surface area contributed by atoms with Crippen molar-refractivity contribution >= 4 is 0 Å². The van der Waals surface area contributed by atoms with Crippen LogP contribution in [0.5, 0.6) is 0 Å². The summed E-state index contributed by atoms with van der Waals surface area (Å²) in [6.45, 7) is 4.56. The van der Waals surface area contributed by atoms with Crippen molar-refractivity contribution in [2.45, 2.75) is 25.3 Å². The Morgan fingerprint density at radius 3 is 2.84 bits per heavy atom. The van der Waals surface area contributed by atoms with Crippen molar-refractivity contribution in [1.82, 2.24) is 9.80 Å². The monoisotopic (exact) mass is 262 g/mol. The Bertz CT molecular complexity index is 355. The molecule has 1 fully saturated rings. The molecule has 1 aromatic rings. The number of rotatable bonds is 6. The lowest BCUT2D eigenvalue weighted by molar-refractivity contribution is 0.102. The highest BCUT2D eigenvalue weighted by molar-refractivity contribution is 5.14. The molecule has 0 aromatic heterocycles. The zero-order valence-corrected chi connectivity index (χ0v) is 12.0. The Morgan fingerprint density at radius 1 is 1.32 bits per heavy atom. The van der Waals surface area contributed by atoms with Crippen molar-refractivity contribution in [3.05, 3.63) is 35.9 Å². The van der Waals surface area contributed by atoms with Gasteiger partial charge in [0, 0.05) is 25.7 Å². The third-order valence-corrected chi connectivity index (χ3v) is 4.12. The smallest absolute Gasteiger partial charge is 0.0558 e. The van der Waals surface area contributed by atoms with Crippen LogP contribution in [0.25, 0.3) is 0 Å². The maximum Gasteiger partial charge on any atom is 0.0558 e. The van der Waals surface area contributed by atoms with Crippen LogP contribution in [0.4, 0.5) is 0 Å². The van der Waals surface area contributed by atoms with Gasteiger partial charge in [-0.3, -0.25) is 4.90 Å². The number of benzene rings is 1. The highest BCUT2D eigenvalue weighted by Crippen LogP contribution is 2.15. The van der Waals surface area contributed by atoms with E-state index in [4.69, 9.17) is 5.11 Å². The molecule has 0 aliphatic carbocycles. The van der Waals surface area contributed by atoms with Gasteiger partial charge in [-0.1, -0.05) is 30.3 Å². The molecule has 1 aliphatic heterocycles. The van der Waals surface area contributed by atoms with Crippen LogP contribution in [-0.2, 0) is 6.42 Å². The van der Waals surface area contributed by atoms with E-state index in [1.807, 2.05) is 0 Å². The van der Waals surface area contributed by atoms with Crippen LogP contribution in [0.2, 0.25) is 0 Å². The molecule has 3 heteroatoms. The molecule has 1 saturated heterocycles. The summed E-state index contributed by atoms with van der Waals surface area (Å²) in [6.07, 6.45) is 3.67. The molecule has 1 aliphatic rings. The van der Waals surface area contributed by atoms with Gasteiger partial charge >= 0.3 is 0 Å². The lowest BCUT2D eigenvalue weighted by atomic mass is 10.0. The molecule has 0 bridgehead atoms. The second-order valence-electron chi connectivity index (χ2n) is 5.54. The lowest BCUT2D eigenvalue weighted by Gasteiger charge is -2.37. The molecular formula is C16H26N2O. The first-order chi connectivity index (χ1) is 9.29. The molecular weight excluding hydrogens is 236 g/mol. The second kappa shape index (κ2) is 7.63. The molecule has 0 amide bonds. The van der Waals surface area contributed by atoms with Gasteiger partial charge in [-0.2, -0.15) is 0 Å². The van der Waals surface area contributed by atoms with E-state index in [1.54, 1.807) is 0 Å². The predicted octanol–water partition coefficient (Wildman–Crippen LogP) is 1.62. The fourth-order valence-electron chi connectivity index (χ4n) is 2.87. The summed E-state index contributed by atoms with van der Waals surface area (Å²) in [7, 11) is 2.13. The largest absolute Gasteiger partial charge is 0.395 e. The fraction of sp³-hybridized carbons (Fsp3) is 0.625. The molecule has 1 heterocycles. The second-order valence-corrected chi connectivity index (χ2v) is 5.54. The Labute approximate surface area is 116 Å². The van der Waals surface area contributed by atoms with Crippen LogP contribution in [0, 0.1) is 0 Å². The average Bonchev–Trinajstić information content (AvgIpc) is 2.47. The number of likely N-dealkylation sites (N-methyl/N-ethyl adjacent to an activating group) is 1. The summed E-state index contributed by atoms with van der Waals surface area (Å²) in [5.74, 6) is 0. The zero-order valence-electron chi connectivity index (χ0n) is 12.0. The van der Waals surface area contributed by atoms with Gasteiger partial charge in [0.1, 0.15) is 0 Å². The standard InChI is InChI=1S/C16H26N2O/c1-17(12-13-19)16-8-5-10-18(14-16)11-9-15-6-3-2-4-7-15/h2-4,6-7,16,19H,5,8-14H2,1H3. The highest BCUT2D eigenvalue weighted by atomic mass is 16.3. The Hall–Kier alpha value is -0.900. The highest BCUT2D eigenvalue weighted by Gasteiger charge is 2.22. The molecule has 0 saturated carbocycles. The molecule has 0 spiro atoms. The summed E-state index contributed by atoms with van der Waals surface area (Å²) in [5.41, 5.74) is 1.42. The van der Waals surface area contributed by atoms with E-state index in [9.17, 15) is 0 Å². The molecule has 1 atom stereocenters. The fourth-order valence-corrected chi connectivity index (χ4v) is 2.87. The van der Waals surface area contributed by atoms with Crippen LogP contribution < -0.4 is 0 Å². The van der Waals surface area contributed by atoms with E-state index in [-0.39, 0.29) is 6.61 Å². The van der Waals surface area contributed by atoms with Crippen LogP contribution in [0.3, 0.4) is 0 Å². The molecule has 106 valence electrons. The molecule has 1 aromatic carbocycles. The first-order valence-electron chi connectivity index (χ1n) is 7.37. The lowest BCUT2D eigenvalue weighted by Crippen LogP contribution is -2.47. The van der Waals surface area contributed by atoms with Crippen molar-refractivity contribution in [2.24, 2.45) is 0 Å². The van der Waals surface area contributed by atoms with Gasteiger partial charge in [-0.05, 0) is 38.4 Å². The van der Waals surface area contributed by atoms with Gasteiger partial charge in [-0.15, -0.1) is 0 Å². The number of nitrogens with zero attached hydrogens (tertiary/aromatic N) is 2. The Kier molecular flexibility index (Phi) is 5.83. The van der Waals surface area contributed by atoms with Crippen LogP contribution in [0.15, 0.2) is 30.3 Å². The van der Waals surface area contributed by atoms with Crippen LogP contribution >= 0.6 is 0 Å². The van der Waals surface area contributed by atoms with E-state index in [1.165, 1.54) is 24.9 Å². The van der Waals surface area contributed by atoms with Crippen molar-refractivity contribution in [3.63, 3.8) is 0 Å². The van der Waals surface area contributed by atoms with Gasteiger partial charge in [0.25, 0.3) is 0 Å². The summed E-state index contributed by atoms with van der Waals surface area (Å²) < 4.78 is 0. The van der Waals surface area contributed by atoms with Crippen molar-refractivity contribution in [2.75, 3.05) is 39.8 Å². The van der Waals surface area contributed by atoms with E-state index in [0.29, 0.717) is 6.04 Å². The molecule has 1 N–H and O–H groups in total. The van der Waals surface area contributed by atoms with E-state index in [2.05, 4.69) is 47.2 Å². The van der Waals surface area contributed by atoms with E-state index >= 15 is 0 Å². The first kappa shape index (κ1) is 14.5. The van der Waals surface area contributed by atoms with Crippen molar-refractivity contribution in [3.8, 4) is 0 Å². The number of hydrogen-bond donors (Lipinski definition) is 1. The maximum atomic E-state index is 9.03. The topological polar surface area (TPSA) is 26.7 Å². The summed E-state index contributed by atoms with van der Waals surface area (Å²) >= 11 is 0. The normalized spacial score (nSPS) is 20.9. The minimum atomic E-state index is 0.261. The predicted molar refractivity (Wildman–Crippen MR) is 79.3 cm³/mol. The third kappa shape index (κ3) is 4.60. The molecule has 1 unspecified atom stereocenters. The van der Waals surface area contributed by atoms with Gasteiger partial charge in [0.05, 0.1) is 6.61 Å². The maximum absolute atomic E-state index is 9.03. The van der Waals surface area contributed by atoms with Crippen LogP contribution in [0.1, 0.15) is 18.4 Å². The first-order valence-corrected chi connectivity index (χ1v) is 7.37. The minimum absolute atomic E-state index is 0.261. The number of hydrogen-bond acceptors (Lipinski definition) is 3. The van der Waals surface area contributed by atoms with Gasteiger partial charge in [0.15, 0.2) is 0 Å². The summed E-state index contributed by atoms with van der Waals surface area (Å²) in [6, 6.07) is 11.3. The van der Waals surface area contributed by atoms with Crippen LogP contribution in [-0.4, -0.2) is 60.8 Å². The quantitative estimate of drug-likeness (QED) is 0.844. The Morgan fingerprint density at radius 2 is 2.11 bits per heavy atom. The number of aliphatic hydroxyl groups is 1. The zero-order chi connectivity index (χ0) is 13.5. The number of likely N-dealkylation sites (tertiary alicyclic amines) is 1. The molecule has 0 radical (unpaired) electrons. The van der Waals surface area contributed by atoms with Gasteiger partial charge in [-0.25, -0.2) is 0 Å². The third-order valence-electron chi connectivity index (χ3n) is 4.12. The van der Waals surface area contributed by atoms with Crippen molar-refractivity contribution in [1.29, 1.82) is 0 Å². The number of aliphatic hydroxyl groups excluding tert-OH is 1. The van der Waals surface area contributed by atoms with E-state index in [0.717, 1.165) is 26.1 Å². The summed E-state index contributed by atoms with van der Waals surface area (Å²) in [4.78, 5) is 4.86. The average molecular weight is 262 g/mol. The van der Waals surface area contributed by atoms with Crippen molar-refractivity contribution < 1.29 is 5.11 Å². The SMILES string of the molecule is CN(CCO)C1CCCN(CCc2ccccc2)C1. The van der Waals surface area contributed by atoms with E-state index < -0.39 is 0 Å². The minimum Gasteiger partial charge on any atom is -0.395 e. The molecule has 2 rings (SSSR count). The van der Waals surface area contributed by atoms with Gasteiger partial charge < -0.3 is 10.0 Å².